The Labute approximate surface area is 139 Å². The summed E-state index contributed by atoms with van der Waals surface area (Å²) in [5.41, 5.74) is 0.438. The highest BCUT2D eigenvalue weighted by atomic mass is 16.6. The summed E-state index contributed by atoms with van der Waals surface area (Å²) >= 11 is 0. The highest BCUT2D eigenvalue weighted by Crippen LogP contribution is 2.19. The molecule has 0 heterocycles. The molecule has 0 aromatic heterocycles. The maximum atomic E-state index is 12.6. The third-order valence-corrected chi connectivity index (χ3v) is 3.12. The van der Waals surface area contributed by atoms with Crippen molar-refractivity contribution in [2.45, 2.75) is 52.8 Å². The normalized spacial score (nSPS) is 12.3. The van der Waals surface area contributed by atoms with E-state index in [9.17, 15) is 4.79 Å². The number of carbonyl (C=O) groups is 1. The SMILES string of the molecule is CC(C)C(C#CCO)N(Cc1ccccc1)C(=O)OC(C)(C)C. The fourth-order valence-electron chi connectivity index (χ4n) is 2.13. The van der Waals surface area contributed by atoms with E-state index < -0.39 is 11.7 Å². The van der Waals surface area contributed by atoms with Gasteiger partial charge in [0.25, 0.3) is 0 Å². The lowest BCUT2D eigenvalue weighted by Gasteiger charge is -2.33. The molecule has 0 fully saturated rings. The number of nitrogens with zero attached hydrogens (tertiary/aromatic N) is 1. The zero-order valence-electron chi connectivity index (χ0n) is 14.7. The van der Waals surface area contributed by atoms with Gasteiger partial charge in [-0.2, -0.15) is 0 Å². The summed E-state index contributed by atoms with van der Waals surface area (Å²) in [4.78, 5) is 14.3. The summed E-state index contributed by atoms with van der Waals surface area (Å²) in [7, 11) is 0. The van der Waals surface area contributed by atoms with Gasteiger partial charge >= 0.3 is 6.09 Å². The fraction of sp³-hybridized carbons (Fsp3) is 0.526. The summed E-state index contributed by atoms with van der Waals surface area (Å²) in [6, 6.07) is 9.42. The molecule has 1 rings (SSSR count). The molecule has 0 radical (unpaired) electrons. The Kier molecular flexibility index (Phi) is 7.12. The van der Waals surface area contributed by atoms with Crippen LogP contribution >= 0.6 is 0 Å². The van der Waals surface area contributed by atoms with Crippen LogP contribution < -0.4 is 0 Å². The zero-order chi connectivity index (χ0) is 17.5. The minimum atomic E-state index is -0.571. The van der Waals surface area contributed by atoms with Crippen molar-refractivity contribution in [3.63, 3.8) is 0 Å². The lowest BCUT2D eigenvalue weighted by molar-refractivity contribution is 0.0150. The molecule has 0 spiro atoms. The average Bonchev–Trinajstić information content (AvgIpc) is 2.45. The minimum absolute atomic E-state index is 0.116. The molecule has 0 bridgehead atoms. The van der Waals surface area contributed by atoms with E-state index in [0.717, 1.165) is 5.56 Å². The van der Waals surface area contributed by atoms with Crippen LogP contribution in [-0.4, -0.2) is 34.3 Å². The minimum Gasteiger partial charge on any atom is -0.444 e. The Morgan fingerprint density at radius 2 is 1.87 bits per heavy atom. The first-order chi connectivity index (χ1) is 10.7. The first kappa shape index (κ1) is 19.1. The van der Waals surface area contributed by atoms with Gasteiger partial charge in [0.1, 0.15) is 12.2 Å². The van der Waals surface area contributed by atoms with Crippen LogP contribution in [0.3, 0.4) is 0 Å². The predicted octanol–water partition coefficient (Wildman–Crippen LogP) is 3.44. The molecule has 23 heavy (non-hydrogen) atoms. The first-order valence-electron chi connectivity index (χ1n) is 7.87. The van der Waals surface area contributed by atoms with Crippen molar-refractivity contribution >= 4 is 6.09 Å². The Balaban J connectivity index is 3.10. The summed E-state index contributed by atoms with van der Waals surface area (Å²) in [5, 5.41) is 8.99. The van der Waals surface area contributed by atoms with Crippen LogP contribution in [0.4, 0.5) is 4.79 Å². The van der Waals surface area contributed by atoms with Gasteiger partial charge < -0.3 is 9.84 Å². The van der Waals surface area contributed by atoms with Crippen LogP contribution in [0.15, 0.2) is 30.3 Å². The molecule has 1 unspecified atom stereocenters. The average molecular weight is 317 g/mol. The lowest BCUT2D eigenvalue weighted by atomic mass is 10.0. The van der Waals surface area contributed by atoms with Crippen molar-refractivity contribution in [1.29, 1.82) is 0 Å². The number of carbonyl (C=O) groups excluding carboxylic acids is 1. The highest BCUT2D eigenvalue weighted by Gasteiger charge is 2.29. The Morgan fingerprint density at radius 1 is 1.26 bits per heavy atom. The largest absolute Gasteiger partial charge is 0.444 e. The van der Waals surface area contributed by atoms with Crippen LogP contribution in [0.1, 0.15) is 40.2 Å². The molecule has 0 aliphatic rings. The summed E-state index contributed by atoms with van der Waals surface area (Å²) in [6.45, 7) is 9.72. The van der Waals surface area contributed by atoms with Gasteiger partial charge in [-0.05, 0) is 32.3 Å². The number of amides is 1. The Hall–Kier alpha value is -1.99. The number of aliphatic hydroxyl groups excluding tert-OH is 1. The highest BCUT2D eigenvalue weighted by molar-refractivity contribution is 5.69. The van der Waals surface area contributed by atoms with Crippen molar-refractivity contribution in [1.82, 2.24) is 4.90 Å². The number of hydrogen-bond acceptors (Lipinski definition) is 3. The van der Waals surface area contributed by atoms with Gasteiger partial charge in [0.05, 0.1) is 12.6 Å². The van der Waals surface area contributed by atoms with Gasteiger partial charge in [-0.25, -0.2) is 4.79 Å². The van der Waals surface area contributed by atoms with Gasteiger partial charge in [-0.1, -0.05) is 56.0 Å². The second-order valence-corrected chi connectivity index (χ2v) is 6.76. The second kappa shape index (κ2) is 8.59. The number of benzene rings is 1. The van der Waals surface area contributed by atoms with E-state index in [1.165, 1.54) is 0 Å². The topological polar surface area (TPSA) is 49.8 Å². The van der Waals surface area contributed by atoms with Gasteiger partial charge in [0.15, 0.2) is 0 Å². The van der Waals surface area contributed by atoms with E-state index in [0.29, 0.717) is 6.54 Å². The molecular formula is C19H27NO3. The van der Waals surface area contributed by atoms with Crippen molar-refractivity contribution in [2.75, 3.05) is 6.61 Å². The molecule has 0 aliphatic carbocycles. The summed E-state index contributed by atoms with van der Waals surface area (Å²) in [6.07, 6.45) is -0.396. The number of aliphatic hydroxyl groups is 1. The monoisotopic (exact) mass is 317 g/mol. The molecule has 1 N–H and O–H groups in total. The van der Waals surface area contributed by atoms with Crippen molar-refractivity contribution < 1.29 is 14.6 Å². The quantitative estimate of drug-likeness (QED) is 0.865. The number of hydrogen-bond donors (Lipinski definition) is 1. The smallest absolute Gasteiger partial charge is 0.411 e. The standard InChI is InChI=1S/C19H27NO3/c1-15(2)17(12-9-13-21)20(18(22)23-19(3,4)5)14-16-10-7-6-8-11-16/h6-8,10-11,15,17,21H,13-14H2,1-5H3. The Bertz CT molecular complexity index is 549. The van der Waals surface area contributed by atoms with Crippen LogP contribution in [0.2, 0.25) is 0 Å². The molecule has 0 aliphatic heterocycles. The molecule has 126 valence electrons. The van der Waals surface area contributed by atoms with Crippen LogP contribution in [0.5, 0.6) is 0 Å². The molecular weight excluding hydrogens is 290 g/mol. The van der Waals surface area contributed by atoms with E-state index >= 15 is 0 Å². The number of ether oxygens (including phenoxy) is 1. The van der Waals surface area contributed by atoms with E-state index in [4.69, 9.17) is 9.84 Å². The Morgan fingerprint density at radius 3 is 2.35 bits per heavy atom. The molecule has 1 atom stereocenters. The second-order valence-electron chi connectivity index (χ2n) is 6.76. The van der Waals surface area contributed by atoms with Crippen molar-refractivity contribution in [2.24, 2.45) is 5.92 Å². The summed E-state index contributed by atoms with van der Waals surface area (Å²) < 4.78 is 5.54. The van der Waals surface area contributed by atoms with E-state index in [1.807, 2.05) is 65.0 Å². The van der Waals surface area contributed by atoms with E-state index in [1.54, 1.807) is 4.90 Å². The van der Waals surface area contributed by atoms with Gasteiger partial charge in [-0.3, -0.25) is 4.90 Å². The molecule has 4 nitrogen and oxygen atoms in total. The molecule has 0 saturated heterocycles. The fourth-order valence-corrected chi connectivity index (χ4v) is 2.13. The predicted molar refractivity (Wildman–Crippen MR) is 91.7 cm³/mol. The van der Waals surface area contributed by atoms with E-state index in [-0.39, 0.29) is 18.6 Å². The molecule has 1 aromatic carbocycles. The molecule has 0 saturated carbocycles. The number of rotatable bonds is 4. The maximum Gasteiger partial charge on any atom is 0.411 e. The summed E-state index contributed by atoms with van der Waals surface area (Å²) in [5.74, 6) is 5.77. The van der Waals surface area contributed by atoms with Gasteiger partial charge in [-0.15, -0.1) is 0 Å². The van der Waals surface area contributed by atoms with E-state index in [2.05, 4.69) is 11.8 Å². The zero-order valence-corrected chi connectivity index (χ0v) is 14.7. The van der Waals surface area contributed by atoms with Gasteiger partial charge in [0, 0.05) is 0 Å². The van der Waals surface area contributed by atoms with Crippen molar-refractivity contribution in [3.05, 3.63) is 35.9 Å². The molecule has 1 aromatic rings. The van der Waals surface area contributed by atoms with Crippen LogP contribution in [-0.2, 0) is 11.3 Å². The van der Waals surface area contributed by atoms with Crippen LogP contribution in [0.25, 0.3) is 0 Å². The maximum absolute atomic E-state index is 12.6. The third kappa shape index (κ3) is 6.75. The van der Waals surface area contributed by atoms with Gasteiger partial charge in [0.2, 0.25) is 0 Å². The molecule has 4 heteroatoms. The first-order valence-corrected chi connectivity index (χ1v) is 7.87. The third-order valence-electron chi connectivity index (χ3n) is 3.12. The van der Waals surface area contributed by atoms with Crippen molar-refractivity contribution in [3.8, 4) is 11.8 Å². The van der Waals surface area contributed by atoms with Crippen LogP contribution in [0, 0.1) is 17.8 Å². The molecule has 1 amide bonds. The lowest BCUT2D eigenvalue weighted by Crippen LogP contribution is -2.44.